The number of hydrogen-bond acceptors (Lipinski definition) is 5. The Hall–Kier alpha value is -2.82. The molecule has 0 bridgehead atoms. The van der Waals surface area contributed by atoms with Crippen LogP contribution < -0.4 is 15.8 Å². The summed E-state index contributed by atoms with van der Waals surface area (Å²) in [6, 6.07) is 14.2. The fraction of sp³-hybridized carbons (Fsp3) is 0.263. The molecule has 2 aromatic carbocycles. The fourth-order valence-corrected chi connectivity index (χ4v) is 3.09. The molecule has 5 nitrogen and oxygen atoms in total. The summed E-state index contributed by atoms with van der Waals surface area (Å²) in [4.78, 5) is 8.95. The molecule has 0 amide bonds. The van der Waals surface area contributed by atoms with Crippen molar-refractivity contribution in [2.45, 2.75) is 25.8 Å². The molecule has 0 aliphatic carbocycles. The maximum Gasteiger partial charge on any atom is 0.225 e. The number of hydrogen-bond donors (Lipinski definition) is 2. The quantitative estimate of drug-likeness (QED) is 0.769. The van der Waals surface area contributed by atoms with Crippen molar-refractivity contribution in [1.29, 1.82) is 0 Å². The van der Waals surface area contributed by atoms with Crippen molar-refractivity contribution in [3.05, 3.63) is 53.6 Å². The average Bonchev–Trinajstić information content (AvgIpc) is 2.61. The Bertz CT molecular complexity index is 894. The number of para-hydroxylation sites is 1. The van der Waals surface area contributed by atoms with Crippen LogP contribution in [0.5, 0.6) is 5.75 Å². The number of nitrogens with zero attached hydrogens (tertiary/aromatic N) is 2. The lowest BCUT2D eigenvalue weighted by atomic mass is 10.00. The summed E-state index contributed by atoms with van der Waals surface area (Å²) in [5.41, 5.74) is 9.36. The van der Waals surface area contributed by atoms with Gasteiger partial charge in [-0.05, 0) is 49.1 Å². The zero-order valence-corrected chi connectivity index (χ0v) is 13.6. The van der Waals surface area contributed by atoms with E-state index in [2.05, 4.69) is 40.4 Å². The Labute approximate surface area is 140 Å². The summed E-state index contributed by atoms with van der Waals surface area (Å²) >= 11 is 0. The average molecular weight is 320 g/mol. The number of nitrogen functional groups attached to an aromatic ring is 1. The molecule has 0 fully saturated rings. The molecule has 1 atom stereocenters. The maximum absolute atomic E-state index is 6.05. The third-order valence-electron chi connectivity index (χ3n) is 4.41. The molecule has 3 N–H and O–H groups in total. The molecule has 0 spiro atoms. The summed E-state index contributed by atoms with van der Waals surface area (Å²) < 4.78 is 5.68. The topological polar surface area (TPSA) is 73.1 Å². The summed E-state index contributed by atoms with van der Waals surface area (Å²) in [7, 11) is 0. The fourth-order valence-electron chi connectivity index (χ4n) is 3.09. The number of fused-ring (bicyclic) bond motifs is 2. The highest BCUT2D eigenvalue weighted by Gasteiger charge is 2.14. The van der Waals surface area contributed by atoms with Crippen molar-refractivity contribution in [1.82, 2.24) is 9.97 Å². The lowest BCUT2D eigenvalue weighted by molar-refractivity contribution is 0.288. The first kappa shape index (κ1) is 14.8. The van der Waals surface area contributed by atoms with Gasteiger partial charge < -0.3 is 15.8 Å². The number of anilines is 2. The van der Waals surface area contributed by atoms with E-state index in [4.69, 9.17) is 10.5 Å². The highest BCUT2D eigenvalue weighted by molar-refractivity contribution is 5.88. The highest BCUT2D eigenvalue weighted by Crippen LogP contribution is 2.29. The van der Waals surface area contributed by atoms with E-state index in [-0.39, 0.29) is 6.04 Å². The molecular weight excluding hydrogens is 300 g/mol. The predicted octanol–water partition coefficient (Wildman–Crippen LogP) is 3.71. The standard InChI is InChI=1S/C19H20N4O/c1-12(13-8-9-17-14(11-13)5-4-10-24-17)21-19-22-16-7-3-2-6-15(16)18(20)23-19/h2-3,6-9,11-12H,4-5,10H2,1H3,(H3,20,21,22,23). The lowest BCUT2D eigenvalue weighted by Crippen LogP contribution is -2.13. The minimum atomic E-state index is 0.0813. The van der Waals surface area contributed by atoms with E-state index in [0.29, 0.717) is 11.8 Å². The van der Waals surface area contributed by atoms with Crippen LogP contribution in [-0.4, -0.2) is 16.6 Å². The van der Waals surface area contributed by atoms with Gasteiger partial charge in [0.2, 0.25) is 5.95 Å². The molecule has 1 aliphatic rings. The largest absolute Gasteiger partial charge is 0.493 e. The van der Waals surface area contributed by atoms with Crippen molar-refractivity contribution in [2.75, 3.05) is 17.7 Å². The summed E-state index contributed by atoms with van der Waals surface area (Å²) in [5.74, 6) is 2.05. The molecule has 2 heterocycles. The Morgan fingerprint density at radius 1 is 1.17 bits per heavy atom. The molecule has 1 unspecified atom stereocenters. The normalized spacial score (nSPS) is 14.7. The smallest absolute Gasteiger partial charge is 0.225 e. The molecule has 122 valence electrons. The molecule has 0 saturated carbocycles. The van der Waals surface area contributed by atoms with Gasteiger partial charge in [0.05, 0.1) is 18.2 Å². The van der Waals surface area contributed by atoms with Crippen LogP contribution in [0, 0.1) is 0 Å². The predicted molar refractivity (Wildman–Crippen MR) is 96.2 cm³/mol. The number of nitrogens with one attached hydrogen (secondary N) is 1. The zero-order chi connectivity index (χ0) is 16.5. The van der Waals surface area contributed by atoms with Crippen LogP contribution in [0.25, 0.3) is 10.9 Å². The van der Waals surface area contributed by atoms with Gasteiger partial charge in [0.25, 0.3) is 0 Å². The van der Waals surface area contributed by atoms with Crippen molar-refractivity contribution in [3.8, 4) is 5.75 Å². The van der Waals surface area contributed by atoms with Gasteiger partial charge in [-0.3, -0.25) is 0 Å². The number of aryl methyl sites for hydroxylation is 1. The molecule has 4 rings (SSSR count). The van der Waals surface area contributed by atoms with Crippen LogP contribution in [0.3, 0.4) is 0 Å². The molecule has 24 heavy (non-hydrogen) atoms. The minimum Gasteiger partial charge on any atom is -0.493 e. The maximum atomic E-state index is 6.05. The van der Waals surface area contributed by atoms with E-state index in [1.165, 1.54) is 11.1 Å². The van der Waals surface area contributed by atoms with Crippen molar-refractivity contribution in [3.63, 3.8) is 0 Å². The third kappa shape index (κ3) is 2.73. The van der Waals surface area contributed by atoms with Gasteiger partial charge in [-0.25, -0.2) is 4.98 Å². The number of ether oxygens (including phenoxy) is 1. The van der Waals surface area contributed by atoms with E-state index in [9.17, 15) is 0 Å². The van der Waals surface area contributed by atoms with E-state index in [1.54, 1.807) is 0 Å². The summed E-state index contributed by atoms with van der Waals surface area (Å²) in [6.07, 6.45) is 2.14. The Balaban J connectivity index is 1.61. The minimum absolute atomic E-state index is 0.0813. The van der Waals surface area contributed by atoms with E-state index in [1.807, 2.05) is 24.3 Å². The highest BCUT2D eigenvalue weighted by atomic mass is 16.5. The van der Waals surface area contributed by atoms with E-state index >= 15 is 0 Å². The van der Waals surface area contributed by atoms with Gasteiger partial charge in [0.1, 0.15) is 11.6 Å². The van der Waals surface area contributed by atoms with Crippen LogP contribution in [-0.2, 0) is 6.42 Å². The number of aromatic nitrogens is 2. The molecule has 0 saturated heterocycles. The van der Waals surface area contributed by atoms with E-state index < -0.39 is 0 Å². The number of benzene rings is 2. The lowest BCUT2D eigenvalue weighted by Gasteiger charge is -2.20. The Kier molecular flexibility index (Phi) is 3.69. The van der Waals surface area contributed by atoms with Crippen LogP contribution >= 0.6 is 0 Å². The second kappa shape index (κ2) is 6.00. The van der Waals surface area contributed by atoms with E-state index in [0.717, 1.165) is 36.1 Å². The van der Waals surface area contributed by atoms with Crippen LogP contribution in [0.4, 0.5) is 11.8 Å². The van der Waals surface area contributed by atoms with Gasteiger partial charge in [-0.2, -0.15) is 4.98 Å². The number of rotatable bonds is 3. The molecule has 3 aromatic rings. The van der Waals surface area contributed by atoms with Gasteiger partial charge >= 0.3 is 0 Å². The van der Waals surface area contributed by atoms with Crippen LogP contribution in [0.15, 0.2) is 42.5 Å². The molecule has 0 radical (unpaired) electrons. The van der Waals surface area contributed by atoms with Gasteiger partial charge in [0.15, 0.2) is 0 Å². The molecular formula is C19H20N4O. The Morgan fingerprint density at radius 2 is 2.04 bits per heavy atom. The molecule has 1 aliphatic heterocycles. The first-order valence-electron chi connectivity index (χ1n) is 8.25. The monoisotopic (exact) mass is 320 g/mol. The van der Waals surface area contributed by atoms with Crippen molar-refractivity contribution >= 4 is 22.7 Å². The van der Waals surface area contributed by atoms with Gasteiger partial charge in [-0.15, -0.1) is 0 Å². The van der Waals surface area contributed by atoms with Crippen molar-refractivity contribution in [2.24, 2.45) is 0 Å². The van der Waals surface area contributed by atoms with Crippen LogP contribution in [0.2, 0.25) is 0 Å². The second-order valence-electron chi connectivity index (χ2n) is 6.13. The van der Waals surface area contributed by atoms with Gasteiger partial charge in [-0.1, -0.05) is 24.3 Å². The first-order chi connectivity index (χ1) is 11.7. The third-order valence-corrected chi connectivity index (χ3v) is 4.41. The molecule has 1 aromatic heterocycles. The SMILES string of the molecule is CC(Nc1nc(N)c2ccccc2n1)c1ccc2c(c1)CCCO2. The summed E-state index contributed by atoms with van der Waals surface area (Å²) in [6.45, 7) is 2.91. The number of nitrogens with two attached hydrogens (primary N) is 1. The van der Waals surface area contributed by atoms with Gasteiger partial charge in [0, 0.05) is 5.39 Å². The molecule has 5 heteroatoms. The second-order valence-corrected chi connectivity index (χ2v) is 6.13. The Morgan fingerprint density at radius 3 is 2.96 bits per heavy atom. The zero-order valence-electron chi connectivity index (χ0n) is 13.6. The first-order valence-corrected chi connectivity index (χ1v) is 8.25. The van der Waals surface area contributed by atoms with Crippen LogP contribution in [0.1, 0.15) is 30.5 Å². The summed E-state index contributed by atoms with van der Waals surface area (Å²) in [5, 5.41) is 4.23. The van der Waals surface area contributed by atoms with Crippen molar-refractivity contribution < 1.29 is 4.74 Å².